The largest absolute Gasteiger partial charge is 0.478 e. The van der Waals surface area contributed by atoms with Gasteiger partial charge in [0.1, 0.15) is 0 Å². The van der Waals surface area contributed by atoms with Crippen LogP contribution in [0.25, 0.3) is 0 Å². The van der Waals surface area contributed by atoms with Gasteiger partial charge in [-0.2, -0.15) is 0 Å². The van der Waals surface area contributed by atoms with Crippen molar-refractivity contribution in [2.24, 2.45) is 5.41 Å². The summed E-state index contributed by atoms with van der Waals surface area (Å²) in [6, 6.07) is 4.54. The summed E-state index contributed by atoms with van der Waals surface area (Å²) in [6.07, 6.45) is 7.10. The second-order valence-electron chi connectivity index (χ2n) is 5.75. The fraction of sp³-hybridized carbons (Fsp3) is 0.667. The SMILES string of the molecule is CCOc1ccc(NC2CCCCC2(C)C)cn1. The number of nitrogens with zero attached hydrogens (tertiary/aromatic N) is 1. The Labute approximate surface area is 110 Å². The van der Waals surface area contributed by atoms with Gasteiger partial charge in [-0.25, -0.2) is 4.98 Å². The van der Waals surface area contributed by atoms with Crippen molar-refractivity contribution in [1.29, 1.82) is 0 Å². The van der Waals surface area contributed by atoms with E-state index in [2.05, 4.69) is 30.2 Å². The molecule has 0 radical (unpaired) electrons. The van der Waals surface area contributed by atoms with Gasteiger partial charge in [-0.3, -0.25) is 0 Å². The Morgan fingerprint density at radius 1 is 1.39 bits per heavy atom. The smallest absolute Gasteiger partial charge is 0.213 e. The number of ether oxygens (including phenoxy) is 1. The van der Waals surface area contributed by atoms with Crippen molar-refractivity contribution in [3.8, 4) is 5.88 Å². The van der Waals surface area contributed by atoms with E-state index in [0.717, 1.165) is 5.69 Å². The number of nitrogens with one attached hydrogen (secondary N) is 1. The molecule has 1 aliphatic rings. The molecular weight excluding hydrogens is 224 g/mol. The molecule has 1 aromatic rings. The van der Waals surface area contributed by atoms with Crippen LogP contribution in [0.5, 0.6) is 5.88 Å². The topological polar surface area (TPSA) is 34.1 Å². The van der Waals surface area contributed by atoms with Crippen LogP contribution in [0.2, 0.25) is 0 Å². The van der Waals surface area contributed by atoms with Crippen LogP contribution in [0.4, 0.5) is 5.69 Å². The molecule has 2 rings (SSSR count). The third-order valence-electron chi connectivity index (χ3n) is 3.88. The molecule has 1 aliphatic carbocycles. The lowest BCUT2D eigenvalue weighted by atomic mass is 9.73. The highest BCUT2D eigenvalue weighted by atomic mass is 16.5. The van der Waals surface area contributed by atoms with Gasteiger partial charge in [-0.15, -0.1) is 0 Å². The first kappa shape index (κ1) is 13.2. The van der Waals surface area contributed by atoms with E-state index in [1.165, 1.54) is 25.7 Å². The summed E-state index contributed by atoms with van der Waals surface area (Å²) in [7, 11) is 0. The summed E-state index contributed by atoms with van der Waals surface area (Å²) in [5.41, 5.74) is 1.47. The van der Waals surface area contributed by atoms with Gasteiger partial charge in [-0.1, -0.05) is 26.7 Å². The van der Waals surface area contributed by atoms with Crippen molar-refractivity contribution in [3.05, 3.63) is 18.3 Å². The van der Waals surface area contributed by atoms with E-state index in [1.54, 1.807) is 0 Å². The van der Waals surface area contributed by atoms with E-state index >= 15 is 0 Å². The van der Waals surface area contributed by atoms with Gasteiger partial charge in [-0.05, 0) is 31.2 Å². The molecule has 0 spiro atoms. The lowest BCUT2D eigenvalue weighted by Crippen LogP contribution is -2.38. The van der Waals surface area contributed by atoms with E-state index < -0.39 is 0 Å². The van der Waals surface area contributed by atoms with Crippen LogP contribution in [-0.4, -0.2) is 17.6 Å². The van der Waals surface area contributed by atoms with Crippen molar-refractivity contribution in [1.82, 2.24) is 4.98 Å². The highest BCUT2D eigenvalue weighted by Gasteiger charge is 2.31. The monoisotopic (exact) mass is 248 g/mol. The minimum atomic E-state index is 0.372. The van der Waals surface area contributed by atoms with Crippen LogP contribution < -0.4 is 10.1 Å². The van der Waals surface area contributed by atoms with Crippen molar-refractivity contribution in [2.75, 3.05) is 11.9 Å². The maximum Gasteiger partial charge on any atom is 0.213 e. The van der Waals surface area contributed by atoms with Crippen LogP contribution >= 0.6 is 0 Å². The minimum Gasteiger partial charge on any atom is -0.478 e. The predicted octanol–water partition coefficient (Wildman–Crippen LogP) is 3.86. The Hall–Kier alpha value is -1.25. The lowest BCUT2D eigenvalue weighted by molar-refractivity contribution is 0.217. The van der Waals surface area contributed by atoms with Gasteiger partial charge < -0.3 is 10.1 Å². The van der Waals surface area contributed by atoms with Gasteiger partial charge in [0.2, 0.25) is 5.88 Å². The summed E-state index contributed by atoms with van der Waals surface area (Å²) < 4.78 is 5.35. The van der Waals surface area contributed by atoms with Crippen LogP contribution in [0.1, 0.15) is 46.5 Å². The fourth-order valence-electron chi connectivity index (χ4n) is 2.66. The Balaban J connectivity index is 1.99. The molecule has 1 saturated carbocycles. The summed E-state index contributed by atoms with van der Waals surface area (Å²) in [5, 5.41) is 3.62. The molecule has 100 valence electrons. The Morgan fingerprint density at radius 2 is 2.22 bits per heavy atom. The molecule has 1 atom stereocenters. The van der Waals surface area contributed by atoms with Crippen LogP contribution in [0.15, 0.2) is 18.3 Å². The van der Waals surface area contributed by atoms with Crippen molar-refractivity contribution in [2.45, 2.75) is 52.5 Å². The molecule has 0 bridgehead atoms. The van der Waals surface area contributed by atoms with E-state index in [9.17, 15) is 0 Å². The van der Waals surface area contributed by atoms with Crippen molar-refractivity contribution in [3.63, 3.8) is 0 Å². The third-order valence-corrected chi connectivity index (χ3v) is 3.88. The van der Waals surface area contributed by atoms with Gasteiger partial charge >= 0.3 is 0 Å². The molecule has 0 saturated heterocycles. The van der Waals surface area contributed by atoms with Gasteiger partial charge in [0.15, 0.2) is 0 Å². The minimum absolute atomic E-state index is 0.372. The second kappa shape index (κ2) is 5.59. The van der Waals surface area contributed by atoms with Gasteiger partial charge in [0, 0.05) is 12.1 Å². The van der Waals surface area contributed by atoms with E-state index in [0.29, 0.717) is 23.9 Å². The molecule has 18 heavy (non-hydrogen) atoms. The first-order chi connectivity index (χ1) is 8.62. The lowest BCUT2D eigenvalue weighted by Gasteiger charge is -2.39. The zero-order chi connectivity index (χ0) is 13.0. The highest BCUT2D eigenvalue weighted by molar-refractivity contribution is 5.43. The molecule has 1 N–H and O–H groups in total. The molecule has 3 heteroatoms. The maximum absolute atomic E-state index is 5.35. The number of rotatable bonds is 4. The predicted molar refractivity (Wildman–Crippen MR) is 75.1 cm³/mol. The number of hydrogen-bond acceptors (Lipinski definition) is 3. The first-order valence-electron chi connectivity index (χ1n) is 6.97. The van der Waals surface area contributed by atoms with E-state index in [4.69, 9.17) is 4.74 Å². The molecule has 1 heterocycles. The van der Waals surface area contributed by atoms with E-state index in [-0.39, 0.29) is 0 Å². The highest BCUT2D eigenvalue weighted by Crippen LogP contribution is 2.37. The standard InChI is InChI=1S/C15H24N2O/c1-4-18-14-9-8-12(11-16-14)17-13-7-5-6-10-15(13,2)3/h8-9,11,13,17H,4-7,10H2,1-3H3. The van der Waals surface area contributed by atoms with Gasteiger partial charge in [0.25, 0.3) is 0 Å². The van der Waals surface area contributed by atoms with Crippen LogP contribution in [-0.2, 0) is 0 Å². The molecule has 1 fully saturated rings. The molecule has 0 aliphatic heterocycles. The third kappa shape index (κ3) is 3.15. The number of pyridine rings is 1. The molecule has 1 unspecified atom stereocenters. The number of anilines is 1. The summed E-state index contributed by atoms with van der Waals surface area (Å²) >= 11 is 0. The normalized spacial score (nSPS) is 22.5. The average molecular weight is 248 g/mol. The Kier molecular flexibility index (Phi) is 4.10. The molecule has 0 aromatic carbocycles. The quantitative estimate of drug-likeness (QED) is 0.878. The van der Waals surface area contributed by atoms with Gasteiger partial charge in [0.05, 0.1) is 18.5 Å². The number of hydrogen-bond donors (Lipinski definition) is 1. The summed E-state index contributed by atoms with van der Waals surface area (Å²) in [6.45, 7) is 7.34. The maximum atomic E-state index is 5.35. The van der Waals surface area contributed by atoms with E-state index in [1.807, 2.05) is 19.2 Å². The average Bonchev–Trinajstić information content (AvgIpc) is 2.34. The fourth-order valence-corrected chi connectivity index (χ4v) is 2.66. The molecule has 0 amide bonds. The molecule has 3 nitrogen and oxygen atoms in total. The molecule has 1 aromatic heterocycles. The van der Waals surface area contributed by atoms with Crippen LogP contribution in [0, 0.1) is 5.41 Å². The zero-order valence-corrected chi connectivity index (χ0v) is 11.7. The van der Waals surface area contributed by atoms with Crippen molar-refractivity contribution >= 4 is 5.69 Å². The second-order valence-corrected chi connectivity index (χ2v) is 5.75. The Bertz CT molecular complexity index is 373. The first-order valence-corrected chi connectivity index (χ1v) is 6.97. The zero-order valence-electron chi connectivity index (χ0n) is 11.7. The van der Waals surface area contributed by atoms with Crippen LogP contribution in [0.3, 0.4) is 0 Å². The summed E-state index contributed by atoms with van der Waals surface area (Å²) in [5.74, 6) is 0.700. The summed E-state index contributed by atoms with van der Waals surface area (Å²) in [4.78, 5) is 4.30. The van der Waals surface area contributed by atoms with Crippen molar-refractivity contribution < 1.29 is 4.74 Å². The number of aromatic nitrogens is 1. The Morgan fingerprint density at radius 3 is 2.83 bits per heavy atom. The molecular formula is C15H24N2O.